The average molecular weight is 189 g/mol. The van der Waals surface area contributed by atoms with Gasteiger partial charge in [-0.05, 0) is 31.5 Å². The van der Waals surface area contributed by atoms with Crippen molar-refractivity contribution in [3.63, 3.8) is 0 Å². The largest absolute Gasteiger partial charge is 0.389 e. The van der Waals surface area contributed by atoms with Crippen LogP contribution in [0.5, 0.6) is 0 Å². The van der Waals surface area contributed by atoms with Gasteiger partial charge in [0, 0.05) is 10.6 Å². The number of benzene rings is 1. The summed E-state index contributed by atoms with van der Waals surface area (Å²) >= 11 is 5.71. The van der Waals surface area contributed by atoms with Crippen molar-refractivity contribution in [1.29, 1.82) is 0 Å². The van der Waals surface area contributed by atoms with E-state index in [0.717, 1.165) is 0 Å². The fourth-order valence-corrected chi connectivity index (χ4v) is 1.12. The van der Waals surface area contributed by atoms with Gasteiger partial charge >= 0.3 is 0 Å². The molecule has 1 aromatic carbocycles. The third-order valence-corrected chi connectivity index (χ3v) is 2.18. The molecule has 3 heteroatoms. The lowest BCUT2D eigenvalue weighted by Gasteiger charge is -2.07. The van der Waals surface area contributed by atoms with Gasteiger partial charge in [0.25, 0.3) is 0 Å². The van der Waals surface area contributed by atoms with Gasteiger partial charge in [0.15, 0.2) is 0 Å². The quantitative estimate of drug-likeness (QED) is 0.719. The van der Waals surface area contributed by atoms with Gasteiger partial charge in [-0.1, -0.05) is 11.6 Å². The minimum Gasteiger partial charge on any atom is -0.389 e. The molecular formula is C9H10ClFO. The molecule has 1 N–H and O–H groups in total. The highest BCUT2D eigenvalue weighted by Crippen LogP contribution is 2.23. The summed E-state index contributed by atoms with van der Waals surface area (Å²) in [5, 5.41) is 9.49. The predicted molar refractivity (Wildman–Crippen MR) is 46.8 cm³/mol. The lowest BCUT2D eigenvalue weighted by atomic mass is 10.1. The summed E-state index contributed by atoms with van der Waals surface area (Å²) in [4.78, 5) is 0. The Hall–Kier alpha value is -0.600. The Labute approximate surface area is 75.8 Å². The second-order valence-corrected chi connectivity index (χ2v) is 3.19. The number of halogens is 2. The molecule has 0 aromatic heterocycles. The van der Waals surface area contributed by atoms with Crippen LogP contribution in [0.15, 0.2) is 12.1 Å². The maximum absolute atomic E-state index is 13.0. The van der Waals surface area contributed by atoms with E-state index in [0.29, 0.717) is 16.1 Å². The molecule has 66 valence electrons. The van der Waals surface area contributed by atoms with Gasteiger partial charge in [0.05, 0.1) is 6.10 Å². The summed E-state index contributed by atoms with van der Waals surface area (Å²) in [5.41, 5.74) is 0.921. The first-order chi connectivity index (χ1) is 5.52. The third-order valence-electron chi connectivity index (χ3n) is 1.79. The number of hydrogen-bond donors (Lipinski definition) is 1. The van der Waals surface area contributed by atoms with Crippen molar-refractivity contribution in [3.05, 3.63) is 34.1 Å². The lowest BCUT2D eigenvalue weighted by Crippen LogP contribution is -1.94. The molecule has 0 bridgehead atoms. The van der Waals surface area contributed by atoms with E-state index in [1.165, 1.54) is 6.07 Å². The predicted octanol–water partition coefficient (Wildman–Crippen LogP) is 2.84. The Bertz CT molecular complexity index is 274. The first-order valence-corrected chi connectivity index (χ1v) is 4.03. The van der Waals surface area contributed by atoms with E-state index in [1.54, 1.807) is 19.9 Å². The molecule has 1 rings (SSSR count). The average Bonchev–Trinajstić information content (AvgIpc) is 1.99. The maximum Gasteiger partial charge on any atom is 0.127 e. The molecule has 0 aliphatic heterocycles. The molecule has 1 nitrogen and oxygen atoms in total. The number of rotatable bonds is 1. The fraction of sp³-hybridized carbons (Fsp3) is 0.333. The molecule has 0 radical (unpaired) electrons. The Morgan fingerprint density at radius 2 is 2.08 bits per heavy atom. The van der Waals surface area contributed by atoms with Gasteiger partial charge in [-0.3, -0.25) is 0 Å². The zero-order chi connectivity index (χ0) is 9.30. The molecule has 0 amide bonds. The van der Waals surface area contributed by atoms with Crippen LogP contribution >= 0.6 is 11.6 Å². The van der Waals surface area contributed by atoms with Crippen LogP contribution in [0.1, 0.15) is 24.2 Å². The third kappa shape index (κ3) is 1.76. The highest BCUT2D eigenvalue weighted by molar-refractivity contribution is 6.31. The van der Waals surface area contributed by atoms with Crippen molar-refractivity contribution in [3.8, 4) is 0 Å². The SMILES string of the molecule is Cc1c(F)cc(C(C)O)cc1Cl. The molecular weight excluding hydrogens is 179 g/mol. The minimum atomic E-state index is -0.683. The lowest BCUT2D eigenvalue weighted by molar-refractivity contribution is 0.199. The van der Waals surface area contributed by atoms with Crippen LogP contribution in [0, 0.1) is 12.7 Å². The van der Waals surface area contributed by atoms with E-state index in [-0.39, 0.29) is 5.82 Å². The minimum absolute atomic E-state index is 0.353. The molecule has 1 atom stereocenters. The Morgan fingerprint density at radius 1 is 1.50 bits per heavy atom. The highest BCUT2D eigenvalue weighted by atomic mass is 35.5. The van der Waals surface area contributed by atoms with Crippen LogP contribution in [0.25, 0.3) is 0 Å². The van der Waals surface area contributed by atoms with Crippen LogP contribution in [0.3, 0.4) is 0 Å². The standard InChI is InChI=1S/C9H10ClFO/c1-5-8(10)3-7(6(2)12)4-9(5)11/h3-4,6,12H,1-2H3. The molecule has 0 spiro atoms. The monoisotopic (exact) mass is 188 g/mol. The Kier molecular flexibility index (Phi) is 2.70. The van der Waals surface area contributed by atoms with E-state index in [9.17, 15) is 4.39 Å². The molecule has 0 saturated heterocycles. The summed E-state index contributed by atoms with van der Waals surface area (Å²) in [6.07, 6.45) is -0.683. The molecule has 0 heterocycles. The van der Waals surface area contributed by atoms with E-state index >= 15 is 0 Å². The van der Waals surface area contributed by atoms with Gasteiger partial charge in [0.1, 0.15) is 5.82 Å². The highest BCUT2D eigenvalue weighted by Gasteiger charge is 2.08. The normalized spacial score (nSPS) is 13.1. The van der Waals surface area contributed by atoms with Gasteiger partial charge in [-0.25, -0.2) is 4.39 Å². The van der Waals surface area contributed by atoms with Crippen molar-refractivity contribution >= 4 is 11.6 Å². The second-order valence-electron chi connectivity index (χ2n) is 2.79. The summed E-state index contributed by atoms with van der Waals surface area (Å²) in [6.45, 7) is 3.17. The van der Waals surface area contributed by atoms with E-state index in [2.05, 4.69) is 0 Å². The van der Waals surface area contributed by atoms with Crippen LogP contribution in [-0.2, 0) is 0 Å². The topological polar surface area (TPSA) is 20.2 Å². The smallest absolute Gasteiger partial charge is 0.127 e. The van der Waals surface area contributed by atoms with Crippen LogP contribution in [0.4, 0.5) is 4.39 Å². The second kappa shape index (κ2) is 3.42. The summed E-state index contributed by atoms with van der Waals surface area (Å²) in [5.74, 6) is -0.376. The van der Waals surface area contributed by atoms with Gasteiger partial charge in [-0.2, -0.15) is 0 Å². The van der Waals surface area contributed by atoms with Gasteiger partial charge < -0.3 is 5.11 Å². The van der Waals surface area contributed by atoms with Crippen molar-refractivity contribution in [2.75, 3.05) is 0 Å². The zero-order valence-electron chi connectivity index (χ0n) is 6.94. The zero-order valence-corrected chi connectivity index (χ0v) is 7.69. The number of hydrogen-bond acceptors (Lipinski definition) is 1. The van der Waals surface area contributed by atoms with Crippen molar-refractivity contribution in [2.24, 2.45) is 0 Å². The Balaban J connectivity index is 3.21. The maximum atomic E-state index is 13.0. The molecule has 0 fully saturated rings. The molecule has 1 unspecified atom stereocenters. The summed E-state index contributed by atoms with van der Waals surface area (Å²) < 4.78 is 13.0. The van der Waals surface area contributed by atoms with Crippen molar-refractivity contribution < 1.29 is 9.50 Å². The fourth-order valence-electron chi connectivity index (χ4n) is 0.906. The van der Waals surface area contributed by atoms with Crippen LogP contribution in [0.2, 0.25) is 5.02 Å². The van der Waals surface area contributed by atoms with E-state index in [1.807, 2.05) is 0 Å². The van der Waals surface area contributed by atoms with Gasteiger partial charge in [-0.15, -0.1) is 0 Å². The molecule has 1 aromatic rings. The molecule has 12 heavy (non-hydrogen) atoms. The van der Waals surface area contributed by atoms with Crippen LogP contribution in [-0.4, -0.2) is 5.11 Å². The van der Waals surface area contributed by atoms with Gasteiger partial charge in [0.2, 0.25) is 0 Å². The van der Waals surface area contributed by atoms with Crippen molar-refractivity contribution in [2.45, 2.75) is 20.0 Å². The van der Waals surface area contributed by atoms with E-state index < -0.39 is 6.10 Å². The molecule has 0 aliphatic carbocycles. The number of aliphatic hydroxyl groups excluding tert-OH is 1. The van der Waals surface area contributed by atoms with E-state index in [4.69, 9.17) is 16.7 Å². The first kappa shape index (κ1) is 9.49. The summed E-state index contributed by atoms with van der Waals surface area (Å²) in [6, 6.07) is 2.87. The Morgan fingerprint density at radius 3 is 2.50 bits per heavy atom. The summed E-state index contributed by atoms with van der Waals surface area (Å²) in [7, 11) is 0. The first-order valence-electron chi connectivity index (χ1n) is 3.66. The van der Waals surface area contributed by atoms with Crippen molar-refractivity contribution in [1.82, 2.24) is 0 Å². The molecule has 0 aliphatic rings. The number of aliphatic hydroxyl groups is 1. The molecule has 0 saturated carbocycles. The van der Waals surface area contributed by atoms with Crippen LogP contribution < -0.4 is 0 Å².